The summed E-state index contributed by atoms with van der Waals surface area (Å²) in [5.74, 6) is -0.846. The molecule has 0 saturated carbocycles. The van der Waals surface area contributed by atoms with Crippen LogP contribution in [0.3, 0.4) is 0 Å². The number of esters is 3. The van der Waals surface area contributed by atoms with E-state index >= 15 is 0 Å². The number of allylic oxidation sites excluding steroid dienone is 10. The Balaban J connectivity index is 4.24. The Bertz CT molecular complexity index is 1440. The van der Waals surface area contributed by atoms with Crippen LogP contribution in [0.2, 0.25) is 0 Å². The molecular formula is C75H136O6. The minimum absolute atomic E-state index is 0.0694. The molecule has 0 aromatic heterocycles. The second kappa shape index (κ2) is 69.6. The average molecular weight is 1130 g/mol. The van der Waals surface area contributed by atoms with Gasteiger partial charge in [-0.3, -0.25) is 14.4 Å². The Labute approximate surface area is 504 Å². The molecule has 0 aliphatic carbocycles. The van der Waals surface area contributed by atoms with Gasteiger partial charge in [0.25, 0.3) is 0 Å². The minimum Gasteiger partial charge on any atom is -0.462 e. The van der Waals surface area contributed by atoms with Crippen LogP contribution in [0, 0.1) is 0 Å². The molecule has 81 heavy (non-hydrogen) atoms. The maximum atomic E-state index is 13.0. The van der Waals surface area contributed by atoms with E-state index in [-0.39, 0.29) is 31.1 Å². The molecule has 0 aromatic carbocycles. The molecule has 6 nitrogen and oxygen atoms in total. The second-order valence-electron chi connectivity index (χ2n) is 24.1. The van der Waals surface area contributed by atoms with E-state index in [0.29, 0.717) is 19.3 Å². The van der Waals surface area contributed by atoms with Crippen molar-refractivity contribution in [1.82, 2.24) is 0 Å². The topological polar surface area (TPSA) is 78.9 Å². The van der Waals surface area contributed by atoms with Gasteiger partial charge in [-0.15, -0.1) is 0 Å². The molecule has 0 fully saturated rings. The van der Waals surface area contributed by atoms with E-state index in [2.05, 4.69) is 81.5 Å². The molecule has 1 atom stereocenters. The molecule has 0 N–H and O–H groups in total. The van der Waals surface area contributed by atoms with E-state index in [9.17, 15) is 14.4 Å². The lowest BCUT2D eigenvalue weighted by Gasteiger charge is -2.18. The molecule has 0 rings (SSSR count). The van der Waals surface area contributed by atoms with Gasteiger partial charge < -0.3 is 14.2 Å². The number of hydrogen-bond donors (Lipinski definition) is 0. The first kappa shape index (κ1) is 78.1. The zero-order valence-electron chi connectivity index (χ0n) is 54.3. The molecule has 1 unspecified atom stereocenters. The predicted octanol–water partition coefficient (Wildman–Crippen LogP) is 24.7. The smallest absolute Gasteiger partial charge is 0.306 e. The van der Waals surface area contributed by atoms with Crippen molar-refractivity contribution in [1.29, 1.82) is 0 Å². The Kier molecular flexibility index (Phi) is 67.1. The molecule has 0 saturated heterocycles. The summed E-state index contributed by atoms with van der Waals surface area (Å²) in [5.41, 5.74) is 0. The Morgan fingerprint density at radius 2 is 0.481 bits per heavy atom. The van der Waals surface area contributed by atoms with Gasteiger partial charge in [-0.05, 0) is 83.5 Å². The zero-order valence-corrected chi connectivity index (χ0v) is 54.3. The van der Waals surface area contributed by atoms with Crippen LogP contribution in [0.15, 0.2) is 60.8 Å². The monoisotopic (exact) mass is 1130 g/mol. The summed E-state index contributed by atoms with van der Waals surface area (Å²) < 4.78 is 17.0. The molecule has 6 heteroatoms. The second-order valence-corrected chi connectivity index (χ2v) is 24.1. The fourth-order valence-electron chi connectivity index (χ4n) is 10.7. The minimum atomic E-state index is -0.774. The third kappa shape index (κ3) is 67.8. The molecule has 0 amide bonds. The predicted molar refractivity (Wildman–Crippen MR) is 353 cm³/mol. The fraction of sp³-hybridized carbons (Fsp3) is 0.827. The lowest BCUT2D eigenvalue weighted by molar-refractivity contribution is -0.167. The van der Waals surface area contributed by atoms with Gasteiger partial charge in [0.1, 0.15) is 13.2 Å². The van der Waals surface area contributed by atoms with Crippen LogP contribution in [-0.4, -0.2) is 37.2 Å². The number of ether oxygens (including phenoxy) is 3. The van der Waals surface area contributed by atoms with Crippen LogP contribution in [0.5, 0.6) is 0 Å². The van der Waals surface area contributed by atoms with Crippen molar-refractivity contribution in [2.45, 2.75) is 386 Å². The maximum Gasteiger partial charge on any atom is 0.306 e. The molecule has 0 radical (unpaired) electrons. The van der Waals surface area contributed by atoms with Crippen LogP contribution in [0.25, 0.3) is 0 Å². The number of carbonyl (C=O) groups excluding carboxylic acids is 3. The van der Waals surface area contributed by atoms with Crippen molar-refractivity contribution in [3.63, 3.8) is 0 Å². The quantitative estimate of drug-likeness (QED) is 0.0261. The van der Waals surface area contributed by atoms with Crippen molar-refractivity contribution in [3.8, 4) is 0 Å². The normalized spacial score (nSPS) is 12.4. The van der Waals surface area contributed by atoms with Crippen LogP contribution in [-0.2, 0) is 28.6 Å². The summed E-state index contributed by atoms with van der Waals surface area (Å²) in [7, 11) is 0. The average Bonchev–Trinajstić information content (AvgIpc) is 3.46. The van der Waals surface area contributed by atoms with Crippen molar-refractivity contribution >= 4 is 17.9 Å². The van der Waals surface area contributed by atoms with Crippen molar-refractivity contribution in [2.24, 2.45) is 0 Å². The summed E-state index contributed by atoms with van der Waals surface area (Å²) in [4.78, 5) is 38.4. The van der Waals surface area contributed by atoms with Crippen molar-refractivity contribution in [3.05, 3.63) is 60.8 Å². The van der Waals surface area contributed by atoms with E-state index in [1.165, 1.54) is 257 Å². The van der Waals surface area contributed by atoms with E-state index in [4.69, 9.17) is 14.2 Å². The van der Waals surface area contributed by atoms with Crippen LogP contribution in [0.1, 0.15) is 380 Å². The first-order valence-electron chi connectivity index (χ1n) is 35.8. The number of carbonyl (C=O) groups is 3. The highest BCUT2D eigenvalue weighted by Crippen LogP contribution is 2.18. The van der Waals surface area contributed by atoms with Crippen molar-refractivity contribution < 1.29 is 28.6 Å². The molecule has 0 aliphatic rings. The van der Waals surface area contributed by atoms with Crippen molar-refractivity contribution in [2.75, 3.05) is 13.2 Å². The van der Waals surface area contributed by atoms with Gasteiger partial charge in [0, 0.05) is 19.3 Å². The van der Waals surface area contributed by atoms with Gasteiger partial charge in [-0.25, -0.2) is 0 Å². The first-order valence-corrected chi connectivity index (χ1v) is 35.8. The third-order valence-electron chi connectivity index (χ3n) is 16.0. The van der Waals surface area contributed by atoms with Crippen LogP contribution >= 0.6 is 0 Å². The summed E-state index contributed by atoms with van der Waals surface area (Å²) in [5, 5.41) is 0. The molecule has 0 bridgehead atoms. The van der Waals surface area contributed by atoms with Crippen LogP contribution < -0.4 is 0 Å². The Hall–Kier alpha value is -2.89. The largest absolute Gasteiger partial charge is 0.462 e. The highest BCUT2D eigenvalue weighted by molar-refractivity contribution is 5.71. The van der Waals surface area contributed by atoms with Gasteiger partial charge in [0.05, 0.1) is 0 Å². The third-order valence-corrected chi connectivity index (χ3v) is 16.0. The van der Waals surface area contributed by atoms with Gasteiger partial charge in [-0.2, -0.15) is 0 Å². The summed E-state index contributed by atoms with van der Waals surface area (Å²) in [6, 6.07) is 0. The summed E-state index contributed by atoms with van der Waals surface area (Å²) >= 11 is 0. The van der Waals surface area contributed by atoms with E-state index in [1.807, 2.05) is 0 Å². The standard InChI is InChI=1S/C75H136O6/c1-4-7-10-13-16-19-22-25-27-29-31-33-35-37-39-41-43-45-47-50-53-56-59-62-65-68-74(77)80-71-72(70-79-73(76)67-64-61-58-55-52-49-24-21-18-15-12-9-6-3)81-75(78)69-66-63-60-57-54-51-48-46-44-42-40-38-36-34-32-30-28-26-23-20-17-14-11-8-5-2/h7,10,16,19,25,27,30-33,72H,4-6,8-9,11-15,17-18,20-24,26,28-29,34-71H2,1-3H3/b10-7-,19-16-,27-25-,32-30-,33-31-. The van der Waals surface area contributed by atoms with Gasteiger partial charge in [-0.1, -0.05) is 338 Å². The molecule has 0 spiro atoms. The Morgan fingerprint density at radius 3 is 0.765 bits per heavy atom. The van der Waals surface area contributed by atoms with E-state index in [1.54, 1.807) is 0 Å². The summed E-state index contributed by atoms with van der Waals surface area (Å²) in [6.45, 7) is 6.59. The summed E-state index contributed by atoms with van der Waals surface area (Å²) in [6.07, 6.45) is 89.6. The highest BCUT2D eigenvalue weighted by atomic mass is 16.6. The molecule has 0 heterocycles. The van der Waals surface area contributed by atoms with Gasteiger partial charge in [0.2, 0.25) is 0 Å². The SMILES string of the molecule is CC/C=C\C/C=C\C/C=C\C/C=C\CCCCCCCCCCCCCCC(=O)OCC(COC(=O)CCCCCCCCCCCCCCC)OC(=O)CCCCCCCCCCCCCCC/C=C\CCCCCCCCCC. The van der Waals surface area contributed by atoms with Gasteiger partial charge >= 0.3 is 17.9 Å². The lowest BCUT2D eigenvalue weighted by Crippen LogP contribution is -2.30. The molecular weight excluding hydrogens is 997 g/mol. The number of rotatable bonds is 66. The lowest BCUT2D eigenvalue weighted by atomic mass is 10.0. The first-order chi connectivity index (χ1) is 40.0. The molecule has 472 valence electrons. The van der Waals surface area contributed by atoms with E-state index in [0.717, 1.165) is 83.5 Å². The van der Waals surface area contributed by atoms with Crippen LogP contribution in [0.4, 0.5) is 0 Å². The molecule has 0 aromatic rings. The fourth-order valence-corrected chi connectivity index (χ4v) is 10.7. The van der Waals surface area contributed by atoms with Gasteiger partial charge in [0.15, 0.2) is 6.10 Å². The number of unbranched alkanes of at least 4 members (excludes halogenated alkanes) is 45. The highest BCUT2D eigenvalue weighted by Gasteiger charge is 2.19. The zero-order chi connectivity index (χ0) is 58.5. The van der Waals surface area contributed by atoms with E-state index < -0.39 is 6.10 Å². The Morgan fingerprint density at radius 1 is 0.259 bits per heavy atom. The molecule has 0 aliphatic heterocycles. The number of hydrogen-bond acceptors (Lipinski definition) is 6. The maximum absolute atomic E-state index is 13.0.